The number of aromatic carboxylic acids is 1. The van der Waals surface area contributed by atoms with Crippen LogP contribution in [-0.2, 0) is 0 Å². The van der Waals surface area contributed by atoms with Crippen molar-refractivity contribution in [1.82, 2.24) is 4.98 Å². The summed E-state index contributed by atoms with van der Waals surface area (Å²) in [5.41, 5.74) is 0.255. The van der Waals surface area contributed by atoms with Crippen LogP contribution in [0.1, 0.15) is 29.0 Å². The van der Waals surface area contributed by atoms with Crippen LogP contribution >= 0.6 is 0 Å². The van der Waals surface area contributed by atoms with Crippen molar-refractivity contribution in [2.75, 3.05) is 5.32 Å². The van der Waals surface area contributed by atoms with Gasteiger partial charge in [0.05, 0.1) is 6.04 Å². The summed E-state index contributed by atoms with van der Waals surface area (Å²) in [4.78, 5) is 14.3. The van der Waals surface area contributed by atoms with E-state index in [0.717, 1.165) is 6.26 Å². The second-order valence-electron chi connectivity index (χ2n) is 3.73. The van der Waals surface area contributed by atoms with Crippen LogP contribution < -0.4 is 5.32 Å². The Labute approximate surface area is 102 Å². The van der Waals surface area contributed by atoms with Crippen molar-refractivity contribution in [3.8, 4) is 0 Å². The normalized spacial score (nSPS) is 12.1. The Balaban J connectivity index is 2.13. The van der Waals surface area contributed by atoms with Gasteiger partial charge in [0.2, 0.25) is 0 Å². The minimum atomic E-state index is -1.18. The van der Waals surface area contributed by atoms with E-state index >= 15 is 0 Å². The van der Waals surface area contributed by atoms with Gasteiger partial charge in [-0.2, -0.15) is 4.98 Å². The van der Waals surface area contributed by atoms with Crippen LogP contribution in [0, 0.1) is 5.82 Å². The summed E-state index contributed by atoms with van der Waals surface area (Å²) >= 11 is 0. The molecule has 0 aliphatic heterocycles. The molecule has 5 nitrogen and oxygen atoms in total. The molecule has 0 bridgehead atoms. The maximum absolute atomic E-state index is 13.5. The molecule has 1 unspecified atom stereocenters. The third-order valence-corrected chi connectivity index (χ3v) is 2.44. The van der Waals surface area contributed by atoms with Gasteiger partial charge in [0, 0.05) is 5.56 Å². The van der Waals surface area contributed by atoms with Crippen molar-refractivity contribution < 1.29 is 18.7 Å². The first-order chi connectivity index (χ1) is 8.58. The van der Waals surface area contributed by atoms with Crippen LogP contribution in [-0.4, -0.2) is 16.1 Å². The van der Waals surface area contributed by atoms with Crippen molar-refractivity contribution in [2.45, 2.75) is 13.0 Å². The van der Waals surface area contributed by atoms with Gasteiger partial charge in [0.15, 0.2) is 5.69 Å². The number of carbonyl (C=O) groups is 1. The molecule has 0 fully saturated rings. The zero-order valence-corrected chi connectivity index (χ0v) is 9.55. The molecule has 1 aromatic heterocycles. The molecule has 2 N–H and O–H groups in total. The van der Waals surface area contributed by atoms with Gasteiger partial charge in [0.25, 0.3) is 6.01 Å². The summed E-state index contributed by atoms with van der Waals surface area (Å²) in [5, 5.41) is 11.5. The summed E-state index contributed by atoms with van der Waals surface area (Å²) in [6, 6.07) is 5.96. The van der Waals surface area contributed by atoms with Gasteiger partial charge in [-0.25, -0.2) is 9.18 Å². The summed E-state index contributed by atoms with van der Waals surface area (Å²) in [5.74, 6) is -1.52. The Kier molecular flexibility index (Phi) is 3.27. The highest BCUT2D eigenvalue weighted by Gasteiger charge is 2.15. The molecule has 2 rings (SSSR count). The van der Waals surface area contributed by atoms with Crippen LogP contribution in [0.5, 0.6) is 0 Å². The summed E-state index contributed by atoms with van der Waals surface area (Å²) in [6.07, 6.45) is 1.03. The Morgan fingerprint density at radius 2 is 2.22 bits per heavy atom. The minimum absolute atomic E-state index is 0.0446. The van der Waals surface area contributed by atoms with Gasteiger partial charge in [-0.1, -0.05) is 18.2 Å². The van der Waals surface area contributed by atoms with Gasteiger partial charge in [-0.3, -0.25) is 0 Å². The van der Waals surface area contributed by atoms with Crippen molar-refractivity contribution in [3.05, 3.63) is 47.6 Å². The molecule has 0 saturated heterocycles. The predicted octanol–water partition coefficient (Wildman–Crippen LogP) is 2.69. The Hall–Kier alpha value is -2.37. The van der Waals surface area contributed by atoms with Crippen LogP contribution in [0.2, 0.25) is 0 Å². The number of oxazole rings is 1. The smallest absolute Gasteiger partial charge is 0.357 e. The number of rotatable bonds is 4. The van der Waals surface area contributed by atoms with Crippen molar-refractivity contribution in [2.24, 2.45) is 0 Å². The highest BCUT2D eigenvalue weighted by Crippen LogP contribution is 2.21. The van der Waals surface area contributed by atoms with E-state index in [1.54, 1.807) is 25.1 Å². The lowest BCUT2D eigenvalue weighted by atomic mass is 10.1. The Morgan fingerprint density at radius 1 is 1.50 bits per heavy atom. The van der Waals surface area contributed by atoms with E-state index in [1.165, 1.54) is 6.07 Å². The molecule has 18 heavy (non-hydrogen) atoms. The lowest BCUT2D eigenvalue weighted by Crippen LogP contribution is -2.09. The van der Waals surface area contributed by atoms with Gasteiger partial charge in [0.1, 0.15) is 12.1 Å². The second kappa shape index (κ2) is 4.87. The number of nitrogens with zero attached hydrogens (tertiary/aromatic N) is 1. The Bertz CT molecular complexity index is 568. The van der Waals surface area contributed by atoms with Crippen LogP contribution in [0.15, 0.2) is 34.9 Å². The van der Waals surface area contributed by atoms with Gasteiger partial charge in [-0.15, -0.1) is 0 Å². The highest BCUT2D eigenvalue weighted by molar-refractivity contribution is 5.85. The maximum Gasteiger partial charge on any atom is 0.357 e. The number of aromatic nitrogens is 1. The van der Waals surface area contributed by atoms with E-state index in [0.29, 0.717) is 5.56 Å². The molecule has 94 valence electrons. The van der Waals surface area contributed by atoms with Gasteiger partial charge in [-0.05, 0) is 13.0 Å². The maximum atomic E-state index is 13.5. The van der Waals surface area contributed by atoms with Crippen LogP contribution in [0.25, 0.3) is 0 Å². The van der Waals surface area contributed by atoms with Crippen LogP contribution in [0.3, 0.4) is 0 Å². The fourth-order valence-electron chi connectivity index (χ4n) is 1.53. The van der Waals surface area contributed by atoms with E-state index in [2.05, 4.69) is 10.3 Å². The molecule has 6 heteroatoms. The van der Waals surface area contributed by atoms with Gasteiger partial charge < -0.3 is 14.8 Å². The summed E-state index contributed by atoms with van der Waals surface area (Å²) in [6.45, 7) is 1.73. The lowest BCUT2D eigenvalue weighted by Gasteiger charge is -2.12. The Morgan fingerprint density at radius 3 is 2.83 bits per heavy atom. The zero-order valence-electron chi connectivity index (χ0n) is 9.55. The average Bonchev–Trinajstić information content (AvgIpc) is 2.78. The standard InChI is InChI=1S/C12H11FN2O3/c1-7(8-4-2-3-5-9(8)13)14-12-15-10(6-18-12)11(16)17/h2-7H,1H3,(H,14,15)(H,16,17). The van der Waals surface area contributed by atoms with E-state index in [9.17, 15) is 9.18 Å². The fourth-order valence-corrected chi connectivity index (χ4v) is 1.53. The number of nitrogens with one attached hydrogen (secondary N) is 1. The summed E-state index contributed by atoms with van der Waals surface area (Å²) in [7, 11) is 0. The molecular weight excluding hydrogens is 239 g/mol. The third kappa shape index (κ3) is 2.48. The van der Waals surface area contributed by atoms with E-state index < -0.39 is 5.97 Å². The number of halogens is 1. The molecule has 0 aliphatic carbocycles. The molecule has 0 amide bonds. The number of carboxylic acids is 1. The van der Waals surface area contributed by atoms with Crippen molar-refractivity contribution in [1.29, 1.82) is 0 Å². The summed E-state index contributed by atoms with van der Waals surface area (Å²) < 4.78 is 18.4. The lowest BCUT2D eigenvalue weighted by molar-refractivity contribution is 0.0690. The molecule has 1 aromatic carbocycles. The predicted molar refractivity (Wildman–Crippen MR) is 61.9 cm³/mol. The molecule has 0 saturated carbocycles. The SMILES string of the molecule is CC(Nc1nc(C(=O)O)co1)c1ccccc1F. The quantitative estimate of drug-likeness (QED) is 0.872. The molecule has 1 heterocycles. The van der Waals surface area contributed by atoms with Gasteiger partial charge >= 0.3 is 5.97 Å². The topological polar surface area (TPSA) is 75.4 Å². The number of carboxylic acid groups (broad SMARTS) is 1. The molecule has 0 spiro atoms. The number of benzene rings is 1. The molecule has 2 aromatic rings. The molecule has 0 radical (unpaired) electrons. The minimum Gasteiger partial charge on any atom is -0.476 e. The largest absolute Gasteiger partial charge is 0.476 e. The van der Waals surface area contributed by atoms with E-state index in [4.69, 9.17) is 9.52 Å². The molecule has 0 aliphatic rings. The molecular formula is C12H11FN2O3. The highest BCUT2D eigenvalue weighted by atomic mass is 19.1. The van der Waals surface area contributed by atoms with E-state index in [-0.39, 0.29) is 23.6 Å². The second-order valence-corrected chi connectivity index (χ2v) is 3.73. The number of anilines is 1. The molecule has 1 atom stereocenters. The van der Waals surface area contributed by atoms with E-state index in [1.807, 2.05) is 0 Å². The third-order valence-electron chi connectivity index (χ3n) is 2.44. The van der Waals surface area contributed by atoms with Crippen LogP contribution in [0.4, 0.5) is 10.4 Å². The first-order valence-corrected chi connectivity index (χ1v) is 5.27. The van der Waals surface area contributed by atoms with Crippen molar-refractivity contribution in [3.63, 3.8) is 0 Å². The first-order valence-electron chi connectivity index (χ1n) is 5.27. The monoisotopic (exact) mass is 250 g/mol. The fraction of sp³-hybridized carbons (Fsp3) is 0.167. The van der Waals surface area contributed by atoms with Crippen molar-refractivity contribution >= 4 is 12.0 Å². The zero-order chi connectivity index (χ0) is 13.1. The number of hydrogen-bond acceptors (Lipinski definition) is 4. The average molecular weight is 250 g/mol. The number of hydrogen-bond donors (Lipinski definition) is 2. The first kappa shape index (κ1) is 12.1.